The zero-order valence-corrected chi connectivity index (χ0v) is 11.7. The van der Waals surface area contributed by atoms with Gasteiger partial charge in [0.1, 0.15) is 5.75 Å². The molecule has 0 radical (unpaired) electrons. The van der Waals surface area contributed by atoms with Crippen molar-refractivity contribution >= 4 is 31.6 Å². The first-order valence-corrected chi connectivity index (χ1v) is 7.15. The molecule has 0 saturated heterocycles. The molecule has 0 spiro atoms. The Morgan fingerprint density at radius 2 is 2.22 bits per heavy atom. The highest BCUT2D eigenvalue weighted by Crippen LogP contribution is 2.28. The van der Waals surface area contributed by atoms with Gasteiger partial charge in [0.25, 0.3) is 10.0 Å². The van der Waals surface area contributed by atoms with Crippen LogP contribution >= 0.6 is 15.9 Å². The van der Waals surface area contributed by atoms with Crippen molar-refractivity contribution in [3.63, 3.8) is 0 Å². The van der Waals surface area contributed by atoms with Crippen LogP contribution in [0.4, 0.5) is 5.69 Å². The third-order valence-electron chi connectivity index (χ3n) is 2.17. The summed E-state index contributed by atoms with van der Waals surface area (Å²) in [5.74, 6) is 0.541. The fourth-order valence-corrected chi connectivity index (χ4v) is 2.69. The Labute approximate surface area is 113 Å². The number of nitrogens with one attached hydrogen (secondary N) is 2. The topological polar surface area (TPSA) is 84.1 Å². The van der Waals surface area contributed by atoms with Gasteiger partial charge in [0, 0.05) is 6.07 Å². The van der Waals surface area contributed by atoms with Crippen LogP contribution < -0.4 is 9.46 Å². The number of H-pyrrole nitrogens is 1. The quantitative estimate of drug-likeness (QED) is 0.897. The molecule has 0 bridgehead atoms. The average molecular weight is 332 g/mol. The lowest BCUT2D eigenvalue weighted by Gasteiger charge is -2.09. The number of sulfonamides is 1. The summed E-state index contributed by atoms with van der Waals surface area (Å²) in [6, 6.07) is 4.90. The molecule has 2 aromatic rings. The average Bonchev–Trinajstić information content (AvgIpc) is 2.85. The van der Waals surface area contributed by atoms with Crippen molar-refractivity contribution in [1.29, 1.82) is 0 Å². The molecule has 1 aromatic carbocycles. The standard InChI is InChI=1S/C10H10BrN3O3S/c1-17-9-4-7(2-3-8(9)11)14-18(15,16)10-5-12-6-13-10/h2-6,14H,1H3,(H,12,13). The second kappa shape index (κ2) is 4.99. The van der Waals surface area contributed by atoms with E-state index >= 15 is 0 Å². The van der Waals surface area contributed by atoms with Gasteiger partial charge in [-0.1, -0.05) is 0 Å². The molecule has 18 heavy (non-hydrogen) atoms. The van der Waals surface area contributed by atoms with Gasteiger partial charge in [-0.15, -0.1) is 0 Å². The van der Waals surface area contributed by atoms with Crippen LogP contribution in [0.2, 0.25) is 0 Å². The minimum Gasteiger partial charge on any atom is -0.495 e. The Kier molecular flexibility index (Phi) is 3.58. The second-order valence-electron chi connectivity index (χ2n) is 3.37. The summed E-state index contributed by atoms with van der Waals surface area (Å²) in [5.41, 5.74) is 0.407. The summed E-state index contributed by atoms with van der Waals surface area (Å²) in [4.78, 5) is 6.21. The van der Waals surface area contributed by atoms with Crippen LogP contribution in [0.25, 0.3) is 0 Å². The van der Waals surface area contributed by atoms with Crippen LogP contribution in [-0.2, 0) is 10.0 Å². The summed E-state index contributed by atoms with van der Waals surface area (Å²) in [5, 5.41) is 0.00406. The van der Waals surface area contributed by atoms with Crippen molar-refractivity contribution < 1.29 is 13.2 Å². The van der Waals surface area contributed by atoms with Crippen molar-refractivity contribution in [2.75, 3.05) is 11.8 Å². The number of nitrogens with zero attached hydrogens (tertiary/aromatic N) is 1. The van der Waals surface area contributed by atoms with Gasteiger partial charge in [0.15, 0.2) is 5.03 Å². The lowest BCUT2D eigenvalue weighted by atomic mass is 10.3. The first-order chi connectivity index (χ1) is 8.53. The molecule has 0 amide bonds. The third-order valence-corrected chi connectivity index (χ3v) is 4.13. The van der Waals surface area contributed by atoms with Crippen molar-refractivity contribution in [3.8, 4) is 5.75 Å². The second-order valence-corrected chi connectivity index (χ2v) is 5.88. The Morgan fingerprint density at radius 1 is 1.44 bits per heavy atom. The van der Waals surface area contributed by atoms with E-state index in [4.69, 9.17) is 4.74 Å². The van der Waals surface area contributed by atoms with Crippen molar-refractivity contribution in [3.05, 3.63) is 35.2 Å². The van der Waals surface area contributed by atoms with Crippen LogP contribution in [0.1, 0.15) is 0 Å². The van der Waals surface area contributed by atoms with Gasteiger partial charge < -0.3 is 9.72 Å². The molecule has 1 heterocycles. The van der Waals surface area contributed by atoms with Crippen LogP contribution in [0.3, 0.4) is 0 Å². The third kappa shape index (κ3) is 2.65. The number of rotatable bonds is 4. The van der Waals surface area contributed by atoms with Gasteiger partial charge in [-0.3, -0.25) is 4.72 Å². The number of aromatic nitrogens is 2. The molecule has 0 atom stereocenters. The van der Waals surface area contributed by atoms with E-state index in [0.717, 1.165) is 4.47 Å². The van der Waals surface area contributed by atoms with Crippen molar-refractivity contribution in [2.24, 2.45) is 0 Å². The minimum atomic E-state index is -3.65. The van der Waals surface area contributed by atoms with Gasteiger partial charge in [-0.25, -0.2) is 4.98 Å². The number of benzene rings is 1. The van der Waals surface area contributed by atoms with E-state index in [-0.39, 0.29) is 5.03 Å². The molecule has 8 heteroatoms. The Balaban J connectivity index is 2.30. The van der Waals surface area contributed by atoms with Crippen LogP contribution in [0, 0.1) is 0 Å². The van der Waals surface area contributed by atoms with Gasteiger partial charge >= 0.3 is 0 Å². The molecule has 2 rings (SSSR count). The highest BCUT2D eigenvalue weighted by Gasteiger charge is 2.16. The van der Waals surface area contributed by atoms with Crippen LogP contribution in [0.15, 0.2) is 40.2 Å². The van der Waals surface area contributed by atoms with Crippen LogP contribution in [0.5, 0.6) is 5.75 Å². The van der Waals surface area contributed by atoms with Gasteiger partial charge in [0.2, 0.25) is 0 Å². The number of anilines is 1. The summed E-state index contributed by atoms with van der Waals surface area (Å²) >= 11 is 3.29. The summed E-state index contributed by atoms with van der Waals surface area (Å²) in [6.07, 6.45) is 2.54. The number of hydrogen-bond acceptors (Lipinski definition) is 4. The number of hydrogen-bond donors (Lipinski definition) is 2. The highest BCUT2D eigenvalue weighted by molar-refractivity contribution is 9.10. The fourth-order valence-electron chi connectivity index (χ4n) is 1.32. The molecule has 0 aliphatic rings. The number of halogens is 1. The molecule has 0 unspecified atom stereocenters. The van der Waals surface area contributed by atoms with E-state index in [1.807, 2.05) is 0 Å². The molecular formula is C10H10BrN3O3S. The first-order valence-electron chi connectivity index (χ1n) is 4.87. The van der Waals surface area contributed by atoms with E-state index in [9.17, 15) is 8.42 Å². The normalized spacial score (nSPS) is 11.2. The van der Waals surface area contributed by atoms with E-state index in [0.29, 0.717) is 11.4 Å². The lowest BCUT2D eigenvalue weighted by molar-refractivity contribution is 0.412. The maximum Gasteiger partial charge on any atom is 0.278 e. The molecule has 2 N–H and O–H groups in total. The molecule has 0 aliphatic heterocycles. The Hall–Kier alpha value is -1.54. The zero-order valence-electron chi connectivity index (χ0n) is 9.34. The molecule has 96 valence electrons. The molecule has 0 fully saturated rings. The largest absolute Gasteiger partial charge is 0.495 e. The highest BCUT2D eigenvalue weighted by atomic mass is 79.9. The molecule has 6 nitrogen and oxygen atoms in total. The maximum absolute atomic E-state index is 11.9. The molecule has 1 aromatic heterocycles. The van der Waals surface area contributed by atoms with E-state index in [1.165, 1.54) is 19.6 Å². The lowest BCUT2D eigenvalue weighted by Crippen LogP contribution is -2.13. The number of methoxy groups -OCH3 is 1. The van der Waals surface area contributed by atoms with Gasteiger partial charge in [-0.05, 0) is 28.1 Å². The molecular weight excluding hydrogens is 322 g/mol. The summed E-state index contributed by atoms with van der Waals surface area (Å²) in [6.45, 7) is 0. The number of aromatic amines is 1. The van der Waals surface area contributed by atoms with Gasteiger partial charge in [0.05, 0.1) is 29.8 Å². The van der Waals surface area contributed by atoms with E-state index < -0.39 is 10.0 Å². The number of ether oxygens (including phenoxy) is 1. The SMILES string of the molecule is COc1cc(NS(=O)(=O)c2cnc[nH]2)ccc1Br. The molecule has 0 saturated carbocycles. The monoisotopic (exact) mass is 331 g/mol. The minimum absolute atomic E-state index is 0.00406. The first kappa shape index (κ1) is 12.9. The Morgan fingerprint density at radius 3 is 2.83 bits per heavy atom. The predicted molar refractivity (Wildman–Crippen MR) is 70.1 cm³/mol. The van der Waals surface area contributed by atoms with Crippen molar-refractivity contribution in [1.82, 2.24) is 9.97 Å². The van der Waals surface area contributed by atoms with Crippen LogP contribution in [-0.4, -0.2) is 25.5 Å². The van der Waals surface area contributed by atoms with Crippen molar-refractivity contribution in [2.45, 2.75) is 5.03 Å². The summed E-state index contributed by atoms with van der Waals surface area (Å²) < 4.78 is 32.1. The maximum atomic E-state index is 11.9. The van der Waals surface area contributed by atoms with Gasteiger partial charge in [-0.2, -0.15) is 8.42 Å². The number of imidazole rings is 1. The van der Waals surface area contributed by atoms with E-state index in [2.05, 4.69) is 30.6 Å². The van der Waals surface area contributed by atoms with E-state index in [1.54, 1.807) is 18.2 Å². The molecule has 0 aliphatic carbocycles. The Bertz CT molecular complexity index is 640. The smallest absolute Gasteiger partial charge is 0.278 e. The fraction of sp³-hybridized carbons (Fsp3) is 0.100. The zero-order chi connectivity index (χ0) is 13.2. The predicted octanol–water partition coefficient (Wildman–Crippen LogP) is 1.98. The summed E-state index contributed by atoms with van der Waals surface area (Å²) in [7, 11) is -2.14.